The van der Waals surface area contributed by atoms with E-state index in [2.05, 4.69) is 149 Å². The highest BCUT2D eigenvalue weighted by atomic mass is 14.8. The molecular weight excluding hydrogens is 673 g/mol. The monoisotopic (exact) mass is 704 g/mol. The Morgan fingerprint density at radius 3 is 1.78 bits per heavy atom. The number of benzene rings is 5. The Balaban J connectivity index is 1.01. The average molecular weight is 705 g/mol. The molecule has 5 heterocycles. The molecular formula is C49H32N6. The van der Waals surface area contributed by atoms with Gasteiger partial charge in [-0.05, 0) is 79.4 Å². The second-order valence-electron chi connectivity index (χ2n) is 13.6. The average Bonchev–Trinajstić information content (AvgIpc) is 3.25. The Bertz CT molecular complexity index is 3200. The Labute approximate surface area is 317 Å². The van der Waals surface area contributed by atoms with Gasteiger partial charge in [0.2, 0.25) is 0 Å². The Morgan fingerprint density at radius 2 is 1.07 bits per heavy atom. The molecule has 0 N–H and O–H groups in total. The Kier molecular flexibility index (Phi) is 7.74. The van der Waals surface area contributed by atoms with Crippen LogP contribution < -0.4 is 0 Å². The standard InChI is InChI=1S/C49H32N6/c1-3-7-38-27-40(39-11-6-25-52-49(39)46(38)50-2)43-23-19-31-13-17-35(29-45(31)54-43)34-16-12-30-18-21-41(53-44(30)28-34)36-8-4-9-37(26-36)42-22-20-33-15-14-32-10-5-24-51-47(32)48(33)55-42/h3-29H,2H2,1H3/b7-3-. The molecule has 6 nitrogen and oxygen atoms in total. The van der Waals surface area contributed by atoms with Crippen molar-refractivity contribution in [3.8, 4) is 44.9 Å². The minimum absolute atomic E-state index is 0.773. The molecule has 0 amide bonds. The lowest BCUT2D eigenvalue weighted by molar-refractivity contribution is 1.36. The highest BCUT2D eigenvalue weighted by molar-refractivity contribution is 6.05. The molecule has 6 heteroatoms. The zero-order valence-electron chi connectivity index (χ0n) is 30.0. The third kappa shape index (κ3) is 5.68. The van der Waals surface area contributed by atoms with Gasteiger partial charge in [0.25, 0.3) is 0 Å². The summed E-state index contributed by atoms with van der Waals surface area (Å²) in [7, 11) is 0. The predicted molar refractivity (Wildman–Crippen MR) is 229 cm³/mol. The van der Waals surface area contributed by atoms with Crippen LogP contribution in [0.15, 0.2) is 163 Å². The third-order valence-electron chi connectivity index (χ3n) is 10.3. The second kappa shape index (κ2) is 13.2. The number of aromatic nitrogens is 5. The number of rotatable bonds is 6. The Hall–Kier alpha value is -7.44. The summed E-state index contributed by atoms with van der Waals surface area (Å²) in [6, 6.07) is 48.4. The molecule has 0 bridgehead atoms. The lowest BCUT2D eigenvalue weighted by Crippen LogP contribution is -1.92. The summed E-state index contributed by atoms with van der Waals surface area (Å²) in [5, 5.41) is 5.29. The third-order valence-corrected chi connectivity index (χ3v) is 10.3. The summed E-state index contributed by atoms with van der Waals surface area (Å²) < 4.78 is 0. The summed E-state index contributed by atoms with van der Waals surface area (Å²) in [6.07, 6.45) is 7.66. The molecule has 10 aromatic rings. The second-order valence-corrected chi connectivity index (χ2v) is 13.6. The summed E-state index contributed by atoms with van der Waals surface area (Å²) in [5.41, 5.74) is 14.1. The van der Waals surface area contributed by atoms with Crippen LogP contribution in [-0.2, 0) is 0 Å². The smallest absolute Gasteiger partial charge is 0.0972 e. The molecule has 0 spiro atoms. The van der Waals surface area contributed by atoms with E-state index < -0.39 is 0 Å². The van der Waals surface area contributed by atoms with E-state index in [4.69, 9.17) is 15.0 Å². The lowest BCUT2D eigenvalue weighted by atomic mass is 9.97. The van der Waals surface area contributed by atoms with E-state index in [0.29, 0.717) is 0 Å². The normalized spacial score (nSPS) is 11.7. The fourth-order valence-electron chi connectivity index (χ4n) is 7.56. The molecule has 258 valence electrons. The van der Waals surface area contributed by atoms with Crippen LogP contribution in [0.25, 0.3) is 105 Å². The van der Waals surface area contributed by atoms with E-state index in [0.717, 1.165) is 111 Å². The molecule has 0 unspecified atom stereocenters. The van der Waals surface area contributed by atoms with Gasteiger partial charge in [-0.2, -0.15) is 0 Å². The van der Waals surface area contributed by atoms with E-state index in [-0.39, 0.29) is 0 Å². The first-order valence-corrected chi connectivity index (χ1v) is 18.2. The van der Waals surface area contributed by atoms with Gasteiger partial charge in [0.1, 0.15) is 0 Å². The number of aliphatic imine (C=N–C) groups is 1. The van der Waals surface area contributed by atoms with E-state index in [1.165, 1.54) is 0 Å². The van der Waals surface area contributed by atoms with Crippen LogP contribution in [0.5, 0.6) is 0 Å². The van der Waals surface area contributed by atoms with Gasteiger partial charge in [-0.25, -0.2) is 15.0 Å². The molecule has 5 aromatic heterocycles. The van der Waals surface area contributed by atoms with Gasteiger partial charge < -0.3 is 0 Å². The van der Waals surface area contributed by atoms with Crippen molar-refractivity contribution in [1.82, 2.24) is 24.9 Å². The highest BCUT2D eigenvalue weighted by Gasteiger charge is 2.15. The highest BCUT2D eigenvalue weighted by Crippen LogP contribution is 2.38. The van der Waals surface area contributed by atoms with Gasteiger partial charge in [0.15, 0.2) is 0 Å². The predicted octanol–water partition coefficient (Wildman–Crippen LogP) is 12.5. The van der Waals surface area contributed by atoms with Crippen molar-refractivity contribution in [3.63, 3.8) is 0 Å². The number of allylic oxidation sites excluding steroid dienone is 1. The maximum absolute atomic E-state index is 5.20. The molecule has 0 saturated heterocycles. The van der Waals surface area contributed by atoms with Crippen molar-refractivity contribution in [2.45, 2.75) is 6.92 Å². The molecule has 55 heavy (non-hydrogen) atoms. The van der Waals surface area contributed by atoms with Crippen LogP contribution in [0.3, 0.4) is 0 Å². The van der Waals surface area contributed by atoms with Crippen molar-refractivity contribution in [1.29, 1.82) is 0 Å². The molecule has 0 fully saturated rings. The van der Waals surface area contributed by atoms with Crippen LogP contribution in [0.2, 0.25) is 0 Å². The van der Waals surface area contributed by atoms with Crippen LogP contribution >= 0.6 is 0 Å². The van der Waals surface area contributed by atoms with Gasteiger partial charge in [0, 0.05) is 61.6 Å². The number of fused-ring (bicyclic) bond motifs is 6. The first-order chi connectivity index (χ1) is 27.1. The van der Waals surface area contributed by atoms with Crippen LogP contribution in [0, 0.1) is 0 Å². The fraction of sp³-hybridized carbons (Fsp3) is 0.0204. The summed E-state index contributed by atoms with van der Waals surface area (Å²) >= 11 is 0. The SMILES string of the molecule is C=Nc1c(/C=C\C)cc(-c2ccc3ccc(-c4ccc5ccc(-c6cccc(-c7ccc8ccc9cccnc9c8n7)c6)nc5c4)cc3n2)c2cccnc12. The number of pyridine rings is 5. The molecule has 0 atom stereocenters. The lowest BCUT2D eigenvalue weighted by Gasteiger charge is -2.12. The van der Waals surface area contributed by atoms with E-state index in [1.54, 1.807) is 6.20 Å². The minimum atomic E-state index is 0.773. The van der Waals surface area contributed by atoms with Crippen LogP contribution in [0.1, 0.15) is 12.5 Å². The summed E-state index contributed by atoms with van der Waals surface area (Å²) in [6.45, 7) is 5.82. The van der Waals surface area contributed by atoms with Gasteiger partial charge >= 0.3 is 0 Å². The quantitative estimate of drug-likeness (QED) is 0.127. The molecule has 0 aliphatic heterocycles. The van der Waals surface area contributed by atoms with Crippen molar-refractivity contribution < 1.29 is 0 Å². The molecule has 0 aliphatic rings. The van der Waals surface area contributed by atoms with E-state index >= 15 is 0 Å². The molecule has 10 rings (SSSR count). The van der Waals surface area contributed by atoms with Crippen LogP contribution in [-0.4, -0.2) is 31.6 Å². The first-order valence-electron chi connectivity index (χ1n) is 18.2. The van der Waals surface area contributed by atoms with E-state index in [9.17, 15) is 0 Å². The van der Waals surface area contributed by atoms with E-state index in [1.807, 2.05) is 37.4 Å². The molecule has 0 saturated carbocycles. The summed E-state index contributed by atoms with van der Waals surface area (Å²) in [5.74, 6) is 0. The van der Waals surface area contributed by atoms with Crippen molar-refractivity contribution in [2.75, 3.05) is 0 Å². The molecule has 0 radical (unpaired) electrons. The van der Waals surface area contributed by atoms with Gasteiger partial charge in [0.05, 0.1) is 50.4 Å². The maximum atomic E-state index is 5.20. The van der Waals surface area contributed by atoms with Gasteiger partial charge in [-0.3, -0.25) is 15.0 Å². The van der Waals surface area contributed by atoms with Crippen molar-refractivity contribution >= 4 is 73.0 Å². The number of nitrogens with zero attached hydrogens (tertiary/aromatic N) is 6. The Morgan fingerprint density at radius 1 is 0.491 bits per heavy atom. The number of hydrogen-bond acceptors (Lipinski definition) is 6. The largest absolute Gasteiger partial charge is 0.262 e. The van der Waals surface area contributed by atoms with Crippen LogP contribution in [0.4, 0.5) is 5.69 Å². The van der Waals surface area contributed by atoms with Crippen molar-refractivity contribution in [2.24, 2.45) is 4.99 Å². The van der Waals surface area contributed by atoms with Crippen molar-refractivity contribution in [3.05, 3.63) is 164 Å². The molecule has 5 aromatic carbocycles. The van der Waals surface area contributed by atoms with Gasteiger partial charge in [-0.1, -0.05) is 97.1 Å². The molecule has 0 aliphatic carbocycles. The first kappa shape index (κ1) is 32.2. The zero-order chi connectivity index (χ0) is 36.9. The fourth-order valence-corrected chi connectivity index (χ4v) is 7.56. The number of hydrogen-bond donors (Lipinski definition) is 0. The minimum Gasteiger partial charge on any atom is -0.262 e. The zero-order valence-corrected chi connectivity index (χ0v) is 30.0. The van der Waals surface area contributed by atoms with Gasteiger partial charge in [-0.15, -0.1) is 0 Å². The summed E-state index contributed by atoms with van der Waals surface area (Å²) in [4.78, 5) is 29.1. The maximum Gasteiger partial charge on any atom is 0.0972 e. The topological polar surface area (TPSA) is 76.8 Å².